The number of carbonyl (C=O) groups is 1. The van der Waals surface area contributed by atoms with Gasteiger partial charge in [-0.25, -0.2) is 4.79 Å². The molecule has 1 aromatic heterocycles. The van der Waals surface area contributed by atoms with Gasteiger partial charge in [0.05, 0.1) is 23.6 Å². The normalized spacial score (nSPS) is 16.0. The fourth-order valence-electron chi connectivity index (χ4n) is 3.03. The Morgan fingerprint density at radius 2 is 2.14 bits per heavy atom. The summed E-state index contributed by atoms with van der Waals surface area (Å²) in [6.07, 6.45) is 0.909. The minimum atomic E-state index is -0.281. The van der Waals surface area contributed by atoms with E-state index in [4.69, 9.17) is 9.72 Å². The first-order valence-electron chi connectivity index (χ1n) is 7.38. The highest BCUT2D eigenvalue weighted by molar-refractivity contribution is 5.91. The van der Waals surface area contributed by atoms with Crippen molar-refractivity contribution in [3.8, 4) is 11.3 Å². The SMILES string of the molecule is CCOC(=O)c1cc2c(nc1C)-c1ccccc1C(C)C2. The number of esters is 1. The van der Waals surface area contributed by atoms with Crippen molar-refractivity contribution in [2.24, 2.45) is 0 Å². The molecule has 1 aliphatic rings. The minimum absolute atomic E-state index is 0.281. The van der Waals surface area contributed by atoms with Gasteiger partial charge in [0.1, 0.15) is 0 Å². The third-order valence-electron chi connectivity index (χ3n) is 4.06. The zero-order valence-corrected chi connectivity index (χ0v) is 12.6. The highest BCUT2D eigenvalue weighted by Gasteiger charge is 2.25. The van der Waals surface area contributed by atoms with Crippen LogP contribution < -0.4 is 0 Å². The molecule has 0 fully saturated rings. The van der Waals surface area contributed by atoms with Crippen molar-refractivity contribution in [3.05, 3.63) is 52.7 Å². The Morgan fingerprint density at radius 1 is 1.38 bits per heavy atom. The van der Waals surface area contributed by atoms with E-state index in [1.807, 2.05) is 26.0 Å². The molecule has 21 heavy (non-hydrogen) atoms. The van der Waals surface area contributed by atoms with Crippen LogP contribution in [0.1, 0.15) is 46.9 Å². The van der Waals surface area contributed by atoms with Crippen molar-refractivity contribution >= 4 is 5.97 Å². The molecule has 108 valence electrons. The predicted octanol–water partition coefficient (Wildman–Crippen LogP) is 3.89. The first kappa shape index (κ1) is 13.8. The van der Waals surface area contributed by atoms with Gasteiger partial charge < -0.3 is 4.74 Å². The molecule has 0 N–H and O–H groups in total. The molecule has 0 aliphatic heterocycles. The summed E-state index contributed by atoms with van der Waals surface area (Å²) in [5.74, 6) is 0.157. The van der Waals surface area contributed by atoms with Crippen molar-refractivity contribution in [3.63, 3.8) is 0 Å². The summed E-state index contributed by atoms with van der Waals surface area (Å²) in [7, 11) is 0. The zero-order chi connectivity index (χ0) is 15.0. The lowest BCUT2D eigenvalue weighted by Crippen LogP contribution is -2.14. The summed E-state index contributed by atoms with van der Waals surface area (Å²) >= 11 is 0. The highest BCUT2D eigenvalue weighted by atomic mass is 16.5. The fraction of sp³-hybridized carbons (Fsp3) is 0.333. The Hall–Kier alpha value is -2.16. The Kier molecular flexibility index (Phi) is 3.50. The lowest BCUT2D eigenvalue weighted by atomic mass is 9.81. The fourth-order valence-corrected chi connectivity index (χ4v) is 3.03. The zero-order valence-electron chi connectivity index (χ0n) is 12.6. The van der Waals surface area contributed by atoms with Crippen molar-refractivity contribution in [1.29, 1.82) is 0 Å². The largest absolute Gasteiger partial charge is 0.462 e. The first-order valence-corrected chi connectivity index (χ1v) is 7.38. The second-order valence-electron chi connectivity index (χ2n) is 5.54. The van der Waals surface area contributed by atoms with Crippen LogP contribution in [0.2, 0.25) is 0 Å². The second kappa shape index (κ2) is 5.32. The molecule has 2 aromatic rings. The van der Waals surface area contributed by atoms with Gasteiger partial charge in [-0.2, -0.15) is 0 Å². The Balaban J connectivity index is 2.14. The average molecular weight is 281 g/mol. The number of fused-ring (bicyclic) bond motifs is 3. The summed E-state index contributed by atoms with van der Waals surface area (Å²) < 4.78 is 5.12. The smallest absolute Gasteiger partial charge is 0.339 e. The van der Waals surface area contributed by atoms with Gasteiger partial charge in [-0.3, -0.25) is 4.98 Å². The van der Waals surface area contributed by atoms with Gasteiger partial charge in [0.25, 0.3) is 0 Å². The lowest BCUT2D eigenvalue weighted by molar-refractivity contribution is 0.0525. The number of aromatic nitrogens is 1. The molecule has 1 heterocycles. The molecule has 3 rings (SSSR count). The monoisotopic (exact) mass is 281 g/mol. The van der Waals surface area contributed by atoms with Crippen LogP contribution in [0.5, 0.6) is 0 Å². The van der Waals surface area contributed by atoms with Crippen LogP contribution in [-0.4, -0.2) is 17.6 Å². The molecule has 0 amide bonds. The Morgan fingerprint density at radius 3 is 2.90 bits per heavy atom. The van der Waals surface area contributed by atoms with Gasteiger partial charge in [0.2, 0.25) is 0 Å². The molecule has 0 radical (unpaired) electrons. The lowest BCUT2D eigenvalue weighted by Gasteiger charge is -2.25. The Bertz CT molecular complexity index is 706. The van der Waals surface area contributed by atoms with E-state index in [9.17, 15) is 4.79 Å². The highest BCUT2D eigenvalue weighted by Crippen LogP contribution is 2.38. The molecule has 1 atom stereocenters. The van der Waals surface area contributed by atoms with Crippen LogP contribution in [0.15, 0.2) is 30.3 Å². The van der Waals surface area contributed by atoms with Crippen LogP contribution in [0.4, 0.5) is 0 Å². The number of hydrogen-bond acceptors (Lipinski definition) is 3. The van der Waals surface area contributed by atoms with Gasteiger partial charge in [-0.15, -0.1) is 0 Å². The van der Waals surface area contributed by atoms with Crippen LogP contribution >= 0.6 is 0 Å². The van der Waals surface area contributed by atoms with E-state index in [1.54, 1.807) is 0 Å². The molecule has 0 saturated carbocycles. The van der Waals surface area contributed by atoms with Gasteiger partial charge in [-0.05, 0) is 43.4 Å². The number of rotatable bonds is 2. The Labute approximate surface area is 125 Å². The number of pyridine rings is 1. The van der Waals surface area contributed by atoms with E-state index < -0.39 is 0 Å². The molecule has 1 aromatic carbocycles. The average Bonchev–Trinajstić information content (AvgIpc) is 2.48. The molecular weight excluding hydrogens is 262 g/mol. The maximum Gasteiger partial charge on any atom is 0.339 e. The van der Waals surface area contributed by atoms with E-state index in [0.29, 0.717) is 18.1 Å². The van der Waals surface area contributed by atoms with Crippen molar-refractivity contribution in [2.45, 2.75) is 33.1 Å². The second-order valence-corrected chi connectivity index (χ2v) is 5.54. The van der Waals surface area contributed by atoms with E-state index in [0.717, 1.165) is 23.4 Å². The summed E-state index contributed by atoms with van der Waals surface area (Å²) in [5.41, 5.74) is 5.98. The van der Waals surface area contributed by atoms with Crippen LogP contribution in [0, 0.1) is 6.92 Å². The van der Waals surface area contributed by atoms with E-state index in [-0.39, 0.29) is 5.97 Å². The van der Waals surface area contributed by atoms with Crippen LogP contribution in [0.3, 0.4) is 0 Å². The van der Waals surface area contributed by atoms with Crippen molar-refractivity contribution in [1.82, 2.24) is 4.98 Å². The van der Waals surface area contributed by atoms with Crippen molar-refractivity contribution in [2.75, 3.05) is 6.61 Å². The summed E-state index contributed by atoms with van der Waals surface area (Å²) in [6.45, 7) is 6.28. The number of aryl methyl sites for hydroxylation is 1. The van der Waals surface area contributed by atoms with Gasteiger partial charge in [0.15, 0.2) is 0 Å². The van der Waals surface area contributed by atoms with Gasteiger partial charge >= 0.3 is 5.97 Å². The molecule has 1 aliphatic carbocycles. The van der Waals surface area contributed by atoms with Gasteiger partial charge in [-0.1, -0.05) is 31.2 Å². The first-order chi connectivity index (χ1) is 10.1. The number of carbonyl (C=O) groups excluding carboxylic acids is 1. The minimum Gasteiger partial charge on any atom is -0.462 e. The number of hydrogen-bond donors (Lipinski definition) is 0. The molecule has 1 unspecified atom stereocenters. The standard InChI is InChI=1S/C18H19NO2/c1-4-21-18(20)16-10-13-9-11(2)14-7-5-6-8-15(14)17(13)19-12(16)3/h5-8,10-11H,4,9H2,1-3H3. The quantitative estimate of drug-likeness (QED) is 0.784. The summed E-state index contributed by atoms with van der Waals surface area (Å²) in [4.78, 5) is 16.7. The topological polar surface area (TPSA) is 39.2 Å². The third-order valence-corrected chi connectivity index (χ3v) is 4.06. The maximum absolute atomic E-state index is 12.0. The molecular formula is C18H19NO2. The van der Waals surface area contributed by atoms with Gasteiger partial charge in [0, 0.05) is 5.56 Å². The third kappa shape index (κ3) is 2.33. The summed E-state index contributed by atoms with van der Waals surface area (Å²) in [5, 5.41) is 0. The number of benzene rings is 1. The molecule has 0 spiro atoms. The predicted molar refractivity (Wildman–Crippen MR) is 82.5 cm³/mol. The molecule has 3 heteroatoms. The molecule has 0 bridgehead atoms. The van der Waals surface area contributed by atoms with Crippen LogP contribution in [0.25, 0.3) is 11.3 Å². The van der Waals surface area contributed by atoms with Crippen LogP contribution in [-0.2, 0) is 11.2 Å². The maximum atomic E-state index is 12.0. The molecule has 0 saturated heterocycles. The van der Waals surface area contributed by atoms with E-state index in [2.05, 4.69) is 25.1 Å². The molecule has 3 nitrogen and oxygen atoms in total. The van der Waals surface area contributed by atoms with E-state index >= 15 is 0 Å². The number of ether oxygens (including phenoxy) is 1. The number of nitrogens with zero attached hydrogens (tertiary/aromatic N) is 1. The van der Waals surface area contributed by atoms with E-state index in [1.165, 1.54) is 11.1 Å². The summed E-state index contributed by atoms with van der Waals surface area (Å²) in [6, 6.07) is 10.3. The van der Waals surface area contributed by atoms with Crippen molar-refractivity contribution < 1.29 is 9.53 Å².